The predicted molar refractivity (Wildman–Crippen MR) is 245 cm³/mol. The van der Waals surface area contributed by atoms with Gasteiger partial charge in [0.25, 0.3) is 0 Å². The summed E-state index contributed by atoms with van der Waals surface area (Å²) in [6.07, 6.45) is 11.4. The minimum Gasteiger partial charge on any atom is -0.314 e. The number of likely N-dealkylation sites (tertiary alicyclic amines) is 2. The lowest BCUT2D eigenvalue weighted by molar-refractivity contribution is 0.0174. The van der Waals surface area contributed by atoms with Crippen LogP contribution >= 0.6 is 0 Å². The fourth-order valence-corrected chi connectivity index (χ4v) is 12.3. The Kier molecular flexibility index (Phi) is 24.4. The maximum Gasteiger partial charge on any atom is 0.0123 e. The van der Waals surface area contributed by atoms with E-state index >= 15 is 0 Å². The molecule has 3 heteroatoms. The SMILES string of the molecule is CC(C)C1CCCCC1C(C)C.CC(C)C1CCN(C)C(C)C1C(C)C.CC1CC(C(C)C)C(C(C)C)CN1.CCC1C(C(C)C)C(C(C)C)CCN1C. The molecule has 324 valence electrons. The van der Waals surface area contributed by atoms with E-state index in [2.05, 4.69) is 161 Å². The van der Waals surface area contributed by atoms with Crippen LogP contribution in [0.4, 0.5) is 0 Å². The maximum atomic E-state index is 3.60. The van der Waals surface area contributed by atoms with Gasteiger partial charge >= 0.3 is 0 Å². The van der Waals surface area contributed by atoms with E-state index in [1.165, 1.54) is 71.0 Å². The van der Waals surface area contributed by atoms with Gasteiger partial charge in [-0.15, -0.1) is 0 Å². The molecule has 4 rings (SSSR count). The molecule has 0 bridgehead atoms. The summed E-state index contributed by atoms with van der Waals surface area (Å²) >= 11 is 0. The van der Waals surface area contributed by atoms with E-state index in [-0.39, 0.29) is 0 Å². The summed E-state index contributed by atoms with van der Waals surface area (Å²) < 4.78 is 0. The summed E-state index contributed by atoms with van der Waals surface area (Å²) in [5.74, 6) is 14.3. The monoisotopic (exact) mass is 760 g/mol. The van der Waals surface area contributed by atoms with Crippen LogP contribution in [0, 0.1) is 94.7 Å². The van der Waals surface area contributed by atoms with E-state index in [1.54, 1.807) is 0 Å². The van der Waals surface area contributed by atoms with Gasteiger partial charge in [0.1, 0.15) is 0 Å². The molecule has 4 aliphatic rings. The van der Waals surface area contributed by atoms with Crippen molar-refractivity contribution in [2.24, 2.45) is 94.7 Å². The van der Waals surface area contributed by atoms with Gasteiger partial charge in [-0.05, 0) is 181 Å². The van der Waals surface area contributed by atoms with Gasteiger partial charge in [0.2, 0.25) is 0 Å². The van der Waals surface area contributed by atoms with E-state index in [4.69, 9.17) is 0 Å². The molecule has 11 unspecified atom stereocenters. The molecule has 0 radical (unpaired) electrons. The number of nitrogens with zero attached hydrogens (tertiary/aromatic N) is 2. The quantitative estimate of drug-likeness (QED) is 0.253. The summed E-state index contributed by atoms with van der Waals surface area (Å²) in [7, 11) is 4.58. The molecule has 3 aliphatic heterocycles. The Morgan fingerprint density at radius 2 is 0.852 bits per heavy atom. The molecule has 1 aliphatic carbocycles. The Morgan fingerprint density at radius 1 is 0.463 bits per heavy atom. The van der Waals surface area contributed by atoms with Gasteiger partial charge in [-0.2, -0.15) is 0 Å². The Hall–Kier alpha value is -0.120. The minimum absolute atomic E-state index is 0.724. The van der Waals surface area contributed by atoms with Gasteiger partial charge in [-0.25, -0.2) is 0 Å². The van der Waals surface area contributed by atoms with Crippen LogP contribution in [0.1, 0.15) is 183 Å². The molecule has 0 aromatic heterocycles. The van der Waals surface area contributed by atoms with Crippen molar-refractivity contribution in [1.29, 1.82) is 0 Å². The Balaban J connectivity index is 0.000000361. The number of hydrogen-bond acceptors (Lipinski definition) is 3. The minimum atomic E-state index is 0.724. The maximum absolute atomic E-state index is 3.60. The fourth-order valence-electron chi connectivity index (χ4n) is 12.3. The lowest BCUT2D eigenvalue weighted by Crippen LogP contribution is -2.50. The van der Waals surface area contributed by atoms with Crippen molar-refractivity contribution in [1.82, 2.24) is 15.1 Å². The summed E-state index contributed by atoms with van der Waals surface area (Å²) in [4.78, 5) is 5.12. The molecule has 3 saturated heterocycles. The van der Waals surface area contributed by atoms with Crippen LogP contribution in [-0.2, 0) is 0 Å². The molecule has 3 nitrogen and oxygen atoms in total. The zero-order valence-corrected chi connectivity index (χ0v) is 41.1. The summed E-state index contributed by atoms with van der Waals surface area (Å²) in [6.45, 7) is 49.1. The van der Waals surface area contributed by atoms with Crippen molar-refractivity contribution in [3.05, 3.63) is 0 Å². The van der Waals surface area contributed by atoms with E-state index in [0.29, 0.717) is 0 Å². The highest BCUT2D eigenvalue weighted by Crippen LogP contribution is 2.41. The Labute approximate surface area is 343 Å². The third-order valence-electron chi connectivity index (χ3n) is 15.7. The molecule has 1 saturated carbocycles. The first-order valence-electron chi connectivity index (χ1n) is 24.2. The van der Waals surface area contributed by atoms with Crippen molar-refractivity contribution in [2.75, 3.05) is 33.7 Å². The fraction of sp³-hybridized carbons (Fsp3) is 1.00. The van der Waals surface area contributed by atoms with Crippen LogP contribution in [0.15, 0.2) is 0 Å². The highest BCUT2D eigenvalue weighted by molar-refractivity contribution is 4.91. The largest absolute Gasteiger partial charge is 0.314 e. The predicted octanol–water partition coefficient (Wildman–Crippen LogP) is 13.9. The molecule has 11 atom stereocenters. The van der Waals surface area contributed by atoms with Crippen LogP contribution in [-0.4, -0.2) is 61.7 Å². The number of piperidine rings is 3. The highest BCUT2D eigenvalue weighted by atomic mass is 15.1. The zero-order valence-electron chi connectivity index (χ0n) is 41.1. The average molecular weight is 760 g/mol. The molecule has 54 heavy (non-hydrogen) atoms. The van der Waals surface area contributed by atoms with Gasteiger partial charge in [0.15, 0.2) is 0 Å². The molecule has 0 amide bonds. The number of rotatable bonds is 9. The third kappa shape index (κ3) is 15.9. The molecule has 0 aromatic carbocycles. The first kappa shape index (κ1) is 51.9. The first-order valence-corrected chi connectivity index (χ1v) is 24.2. The third-order valence-corrected chi connectivity index (χ3v) is 15.7. The molecule has 3 heterocycles. The number of hydrogen-bond donors (Lipinski definition) is 1. The summed E-state index contributed by atoms with van der Waals surface area (Å²) in [5.41, 5.74) is 0. The van der Waals surface area contributed by atoms with Crippen LogP contribution in [0.25, 0.3) is 0 Å². The highest BCUT2D eigenvalue weighted by Gasteiger charge is 2.39. The van der Waals surface area contributed by atoms with Gasteiger partial charge < -0.3 is 15.1 Å². The van der Waals surface area contributed by atoms with Crippen LogP contribution < -0.4 is 5.32 Å². The molecular formula is C51H105N3. The van der Waals surface area contributed by atoms with Crippen LogP contribution in [0.3, 0.4) is 0 Å². The van der Waals surface area contributed by atoms with E-state index in [9.17, 15) is 0 Å². The smallest absolute Gasteiger partial charge is 0.0123 e. The van der Waals surface area contributed by atoms with Crippen LogP contribution in [0.5, 0.6) is 0 Å². The van der Waals surface area contributed by atoms with E-state index in [1.807, 2.05) is 0 Å². The van der Waals surface area contributed by atoms with Crippen molar-refractivity contribution < 1.29 is 0 Å². The second-order valence-electron chi connectivity index (χ2n) is 22.2. The lowest BCUT2D eigenvalue weighted by Gasteiger charge is -2.47. The lowest BCUT2D eigenvalue weighted by atomic mass is 9.68. The molecule has 0 aromatic rings. The van der Waals surface area contributed by atoms with Crippen molar-refractivity contribution in [3.63, 3.8) is 0 Å². The summed E-state index contributed by atoms with van der Waals surface area (Å²) in [6, 6.07) is 2.30. The van der Waals surface area contributed by atoms with Crippen molar-refractivity contribution in [3.8, 4) is 0 Å². The van der Waals surface area contributed by atoms with Crippen molar-refractivity contribution >= 4 is 0 Å². The molecular weight excluding hydrogens is 655 g/mol. The average Bonchev–Trinajstić information content (AvgIpc) is 3.09. The normalized spacial score (nSPS) is 34.3. The second kappa shape index (κ2) is 25.4. The molecule has 4 fully saturated rings. The Morgan fingerprint density at radius 3 is 1.22 bits per heavy atom. The van der Waals surface area contributed by atoms with E-state index in [0.717, 1.165) is 113 Å². The van der Waals surface area contributed by atoms with Gasteiger partial charge in [0, 0.05) is 18.1 Å². The van der Waals surface area contributed by atoms with Gasteiger partial charge in [0.05, 0.1) is 0 Å². The van der Waals surface area contributed by atoms with Gasteiger partial charge in [-0.1, -0.05) is 131 Å². The van der Waals surface area contributed by atoms with Crippen LogP contribution in [0.2, 0.25) is 0 Å². The standard InChI is InChI=1S/C14H29N.C13H27N.C12H25N.C12H24/c1-7-13-14(11(4)5)12(10(2)3)8-9-15(13)6;1-9(2)12-7-8-14(6)11(5)13(12)10(3)4;1-8(2)11-6-10(5)13-7-12(11)9(3)4;1-9(2)11-7-5-6-8-12(11)10(3)4/h10-14H,7-9H2,1-6H3;9-13H,7-8H2,1-6H3;8-13H,6-7H2,1-5H3;9-12H,5-8H2,1-4H3. The molecule has 1 N–H and O–H groups in total. The Bertz CT molecular complexity index is 917. The molecule has 0 spiro atoms. The van der Waals surface area contributed by atoms with E-state index < -0.39 is 0 Å². The van der Waals surface area contributed by atoms with Crippen molar-refractivity contribution in [2.45, 2.75) is 201 Å². The van der Waals surface area contributed by atoms with Gasteiger partial charge in [-0.3, -0.25) is 0 Å². The number of nitrogens with one attached hydrogen (secondary N) is 1. The topological polar surface area (TPSA) is 18.5 Å². The zero-order chi connectivity index (χ0) is 41.6. The summed E-state index contributed by atoms with van der Waals surface area (Å²) in [5, 5.41) is 3.60. The second-order valence-corrected chi connectivity index (χ2v) is 22.2. The first-order chi connectivity index (χ1) is 25.1.